The Hall–Kier alpha value is -5.97. The van der Waals surface area contributed by atoms with Crippen molar-refractivity contribution in [2.75, 3.05) is 0 Å². The van der Waals surface area contributed by atoms with Gasteiger partial charge in [-0.25, -0.2) is 0 Å². The highest BCUT2D eigenvalue weighted by Crippen LogP contribution is 2.41. The van der Waals surface area contributed by atoms with Crippen LogP contribution in [-0.2, 0) is 0 Å². The van der Waals surface area contributed by atoms with Crippen molar-refractivity contribution in [1.29, 1.82) is 0 Å². The van der Waals surface area contributed by atoms with Crippen LogP contribution in [0.25, 0.3) is 11.0 Å². The van der Waals surface area contributed by atoms with Crippen molar-refractivity contribution in [2.45, 2.75) is 0 Å². The summed E-state index contributed by atoms with van der Waals surface area (Å²) in [4.78, 5) is 33.3. The van der Waals surface area contributed by atoms with Crippen molar-refractivity contribution >= 4 is 45.3 Å². The molecule has 0 aliphatic carbocycles. The number of non-ortho nitro benzene ring substituents is 3. The van der Waals surface area contributed by atoms with Crippen LogP contribution in [0.5, 0.6) is 0 Å². The quantitative estimate of drug-likeness (QED) is 0.160. The number of benzene rings is 4. The fraction of sp³-hybridized carbons (Fsp3) is 0. The van der Waals surface area contributed by atoms with Gasteiger partial charge in [-0.05, 0) is 11.6 Å². The number of nitrogens with zero attached hydrogens (tertiary/aromatic N) is 4. The summed E-state index contributed by atoms with van der Waals surface area (Å²) in [6.45, 7) is 0. The number of aromatic nitrogens is 1. The fourth-order valence-corrected chi connectivity index (χ4v) is 6.14. The van der Waals surface area contributed by atoms with Crippen LogP contribution in [0.15, 0.2) is 128 Å². The molecule has 0 bridgehead atoms. The summed E-state index contributed by atoms with van der Waals surface area (Å²) in [5, 5.41) is 34.7. The first-order valence-electron chi connectivity index (χ1n) is 13.0. The molecule has 2 heterocycles. The lowest BCUT2D eigenvalue weighted by Crippen LogP contribution is -2.78. The summed E-state index contributed by atoms with van der Waals surface area (Å²) < 4.78 is 2.11. The second kappa shape index (κ2) is 10.2. The molecule has 0 spiro atoms. The Morgan fingerprint density at radius 2 is 0.952 bits per heavy atom. The third kappa shape index (κ3) is 4.11. The third-order valence-electron chi connectivity index (χ3n) is 7.87. The van der Waals surface area contributed by atoms with Crippen LogP contribution < -0.4 is 15.4 Å². The molecule has 5 aromatic rings. The first-order chi connectivity index (χ1) is 20.3. The van der Waals surface area contributed by atoms with Gasteiger partial charge in [0.15, 0.2) is 5.69 Å². The van der Waals surface area contributed by atoms with Gasteiger partial charge in [0.1, 0.15) is 6.20 Å². The third-order valence-corrected chi connectivity index (χ3v) is 7.87. The van der Waals surface area contributed by atoms with Crippen molar-refractivity contribution in [3.8, 4) is 0 Å². The topological polar surface area (TPSA) is 133 Å². The average molecular weight is 556 g/mol. The highest BCUT2D eigenvalue weighted by Gasteiger charge is 2.52. The zero-order valence-electron chi connectivity index (χ0n) is 21.9. The van der Waals surface area contributed by atoms with Crippen molar-refractivity contribution in [3.63, 3.8) is 0 Å². The van der Waals surface area contributed by atoms with E-state index in [0.29, 0.717) is 5.56 Å². The molecular formula is C31H21BN4O6. The van der Waals surface area contributed by atoms with Crippen LogP contribution >= 0.6 is 0 Å². The smallest absolute Gasteiger partial charge is 0.361 e. The van der Waals surface area contributed by atoms with E-state index in [0.717, 1.165) is 33.2 Å². The van der Waals surface area contributed by atoms with E-state index in [1.807, 2.05) is 54.7 Å². The maximum absolute atomic E-state index is 11.6. The predicted octanol–water partition coefficient (Wildman–Crippen LogP) is 4.82. The molecule has 1 aromatic heterocycles. The maximum Gasteiger partial charge on any atom is 0.361 e. The molecule has 10 nitrogen and oxygen atoms in total. The lowest BCUT2D eigenvalue weighted by molar-refractivity contribution is -0.539. The summed E-state index contributed by atoms with van der Waals surface area (Å²) in [7, 11) is 0. The summed E-state index contributed by atoms with van der Waals surface area (Å²) in [5.74, 6) is 0. The zero-order valence-corrected chi connectivity index (χ0v) is 21.9. The van der Waals surface area contributed by atoms with Gasteiger partial charge in [-0.1, -0.05) is 78.4 Å². The highest BCUT2D eigenvalue weighted by atomic mass is 16.6. The average Bonchev–Trinajstić information content (AvgIpc) is 3.33. The molecule has 0 radical (unpaired) electrons. The molecule has 0 N–H and O–H groups in total. The Labute approximate surface area is 239 Å². The van der Waals surface area contributed by atoms with Gasteiger partial charge in [0.05, 0.1) is 14.8 Å². The van der Waals surface area contributed by atoms with Crippen molar-refractivity contribution in [2.24, 2.45) is 0 Å². The van der Waals surface area contributed by atoms with Gasteiger partial charge in [-0.3, -0.25) is 30.3 Å². The Balaban J connectivity index is 1.78. The zero-order chi connectivity index (χ0) is 29.4. The lowest BCUT2D eigenvalue weighted by atomic mass is 9.23. The Morgan fingerprint density at radius 3 is 1.43 bits per heavy atom. The minimum Gasteiger partial charge on any atom is -0.408 e. The number of pyridine rings is 1. The van der Waals surface area contributed by atoms with Gasteiger partial charge in [-0.2, -0.15) is 0 Å². The van der Waals surface area contributed by atoms with E-state index in [2.05, 4.69) is 4.48 Å². The SMILES string of the molecule is O=[N+]([O-])c1ccc(C2=C(c3ccccc3)c3cccc[n+]3[B-]2(c2ccc([N+](=O)[O-])cc2)c2ccc([N+](=O)[O-])cc2)cc1. The molecule has 42 heavy (non-hydrogen) atoms. The minimum atomic E-state index is -2.17. The lowest BCUT2D eigenvalue weighted by Gasteiger charge is -2.35. The summed E-state index contributed by atoms with van der Waals surface area (Å²) in [6.07, 6.45) is -0.240. The number of nitro benzene ring substituents is 3. The fourth-order valence-electron chi connectivity index (χ4n) is 6.14. The molecule has 1 aliphatic heterocycles. The molecule has 1 aliphatic rings. The number of rotatable bonds is 7. The van der Waals surface area contributed by atoms with Crippen molar-refractivity contribution in [1.82, 2.24) is 0 Å². The minimum absolute atomic E-state index is 0.0625. The van der Waals surface area contributed by atoms with Gasteiger partial charge in [0.25, 0.3) is 17.1 Å². The molecule has 0 amide bonds. The van der Waals surface area contributed by atoms with Gasteiger partial charge in [0, 0.05) is 48.0 Å². The summed E-state index contributed by atoms with van der Waals surface area (Å²) in [6, 6.07) is 34.4. The monoisotopic (exact) mass is 556 g/mol. The van der Waals surface area contributed by atoms with Crippen LogP contribution in [0.1, 0.15) is 16.8 Å². The van der Waals surface area contributed by atoms with E-state index in [1.165, 1.54) is 36.4 Å². The van der Waals surface area contributed by atoms with E-state index >= 15 is 0 Å². The molecule has 0 unspecified atom stereocenters. The van der Waals surface area contributed by atoms with E-state index in [9.17, 15) is 30.3 Å². The number of hydrogen-bond acceptors (Lipinski definition) is 6. The number of nitro groups is 3. The molecule has 0 atom stereocenters. The van der Waals surface area contributed by atoms with Crippen molar-refractivity contribution < 1.29 is 19.2 Å². The van der Waals surface area contributed by atoms with Crippen molar-refractivity contribution in [3.05, 3.63) is 175 Å². The molecular weight excluding hydrogens is 535 g/mol. The van der Waals surface area contributed by atoms with Crippen LogP contribution in [-0.4, -0.2) is 21.1 Å². The van der Waals surface area contributed by atoms with Crippen LogP contribution in [0.4, 0.5) is 17.1 Å². The molecule has 204 valence electrons. The van der Waals surface area contributed by atoms with Gasteiger partial charge < -0.3 is 4.48 Å². The second-order valence-electron chi connectivity index (χ2n) is 9.97. The molecule has 4 aromatic carbocycles. The Morgan fingerprint density at radius 1 is 0.500 bits per heavy atom. The maximum atomic E-state index is 11.6. The van der Waals surface area contributed by atoms with Crippen LogP contribution in [0.3, 0.4) is 0 Å². The predicted molar refractivity (Wildman–Crippen MR) is 159 cm³/mol. The Kier molecular flexibility index (Phi) is 6.39. The highest BCUT2D eigenvalue weighted by molar-refractivity contribution is 7.11. The van der Waals surface area contributed by atoms with Crippen LogP contribution in [0.2, 0.25) is 0 Å². The molecule has 11 heteroatoms. The van der Waals surface area contributed by atoms with Gasteiger partial charge in [-0.15, -0.1) is 16.4 Å². The number of hydrogen-bond donors (Lipinski definition) is 0. The van der Waals surface area contributed by atoms with Gasteiger partial charge >= 0.3 is 6.28 Å². The van der Waals surface area contributed by atoms with E-state index in [-0.39, 0.29) is 17.1 Å². The molecule has 0 fully saturated rings. The normalized spacial score (nSPS) is 13.4. The van der Waals surface area contributed by atoms with E-state index in [1.54, 1.807) is 36.4 Å². The first kappa shape index (κ1) is 26.3. The molecule has 6 rings (SSSR count). The van der Waals surface area contributed by atoms with E-state index < -0.39 is 21.1 Å². The van der Waals surface area contributed by atoms with Gasteiger partial charge in [0.2, 0.25) is 0 Å². The Bertz CT molecular complexity index is 1830. The second-order valence-corrected chi connectivity index (χ2v) is 9.97. The number of fused-ring (bicyclic) bond motifs is 1. The standard InChI is InChI=1S/C31H21BN4O6/c37-34(38)26-15-9-23(10-16-26)31-30(22-6-2-1-3-7-22)29-8-4-5-21-33(29)32(31,24-11-17-27(18-12-24)35(39)40)25-13-19-28(20-14-25)36(41)42/h1-21H. The summed E-state index contributed by atoms with van der Waals surface area (Å²) in [5.41, 5.74) is 5.41. The summed E-state index contributed by atoms with van der Waals surface area (Å²) >= 11 is 0. The first-order valence-corrected chi connectivity index (χ1v) is 13.0. The molecule has 0 saturated carbocycles. The van der Waals surface area contributed by atoms with Crippen LogP contribution in [0, 0.1) is 30.3 Å². The van der Waals surface area contributed by atoms with E-state index in [4.69, 9.17) is 0 Å². The molecule has 0 saturated heterocycles. The largest absolute Gasteiger partial charge is 0.408 e.